The number of carbonyl (C=O) groups excluding carboxylic acids is 1. The van der Waals surface area contributed by atoms with Gasteiger partial charge < -0.3 is 16.2 Å². The Labute approximate surface area is 112 Å². The van der Waals surface area contributed by atoms with Crippen LogP contribution >= 0.6 is 0 Å². The number of nitrogens with two attached hydrogens (primary N) is 1. The van der Waals surface area contributed by atoms with E-state index < -0.39 is 17.3 Å². The zero-order chi connectivity index (χ0) is 14.5. The van der Waals surface area contributed by atoms with E-state index in [-0.39, 0.29) is 12.2 Å². The highest BCUT2D eigenvalue weighted by atomic mass is 16.4. The normalized spacial score (nSPS) is 11.1. The van der Waals surface area contributed by atoms with Gasteiger partial charge in [-0.15, -0.1) is 0 Å². The quantitative estimate of drug-likeness (QED) is 0.692. The van der Waals surface area contributed by atoms with Crippen LogP contribution in [0.5, 0.6) is 0 Å². The first-order chi connectivity index (χ1) is 8.95. The third kappa shape index (κ3) is 3.43. The number of pyridine rings is 1. The molecule has 0 aliphatic rings. The van der Waals surface area contributed by atoms with Gasteiger partial charge in [-0.3, -0.25) is 9.59 Å². The molecule has 1 amide bonds. The van der Waals surface area contributed by atoms with Crippen LogP contribution in [0.4, 0.5) is 5.82 Å². The number of nitrogens with one attached hydrogen (secondary N) is 1. The lowest BCUT2D eigenvalue weighted by Crippen LogP contribution is -2.37. The molecule has 6 nitrogen and oxygen atoms in total. The maximum atomic E-state index is 11.3. The van der Waals surface area contributed by atoms with Crippen molar-refractivity contribution >= 4 is 17.7 Å². The lowest BCUT2D eigenvalue weighted by molar-refractivity contribution is -0.148. The van der Waals surface area contributed by atoms with E-state index >= 15 is 0 Å². The van der Waals surface area contributed by atoms with Crippen LogP contribution in [0.3, 0.4) is 0 Å². The average Bonchev–Trinajstić information content (AvgIpc) is 2.40. The largest absolute Gasteiger partial charge is 0.481 e. The minimum absolute atomic E-state index is 0.152. The number of anilines is 1. The molecule has 0 spiro atoms. The fraction of sp³-hybridized carbons (Fsp3) is 0.462. The lowest BCUT2D eigenvalue weighted by Gasteiger charge is -2.27. The van der Waals surface area contributed by atoms with Gasteiger partial charge in [0.25, 0.3) is 5.91 Å². The number of hydrogen-bond acceptors (Lipinski definition) is 4. The first kappa shape index (κ1) is 14.9. The second kappa shape index (κ2) is 6.17. The smallest absolute Gasteiger partial charge is 0.311 e. The Bertz CT molecular complexity index is 470. The van der Waals surface area contributed by atoms with E-state index in [0.29, 0.717) is 18.7 Å². The third-order valence-electron chi connectivity index (χ3n) is 3.42. The Morgan fingerprint density at radius 2 is 2.00 bits per heavy atom. The van der Waals surface area contributed by atoms with Crippen molar-refractivity contribution in [2.24, 2.45) is 11.1 Å². The predicted molar refractivity (Wildman–Crippen MR) is 71.9 cm³/mol. The van der Waals surface area contributed by atoms with Gasteiger partial charge in [0.05, 0.1) is 5.41 Å². The van der Waals surface area contributed by atoms with Crippen molar-refractivity contribution in [3.8, 4) is 0 Å². The van der Waals surface area contributed by atoms with Gasteiger partial charge in [-0.2, -0.15) is 0 Å². The number of primary amides is 1. The van der Waals surface area contributed by atoms with E-state index in [1.807, 2.05) is 13.8 Å². The van der Waals surface area contributed by atoms with Gasteiger partial charge in [0.2, 0.25) is 0 Å². The van der Waals surface area contributed by atoms with E-state index in [4.69, 9.17) is 5.73 Å². The SMILES string of the molecule is CCC(CC)(CNc1cccc(C(N)=O)n1)C(=O)O. The number of aromatic nitrogens is 1. The first-order valence-electron chi connectivity index (χ1n) is 6.19. The maximum Gasteiger partial charge on any atom is 0.311 e. The van der Waals surface area contributed by atoms with Crippen molar-refractivity contribution in [2.45, 2.75) is 26.7 Å². The molecule has 1 aromatic heterocycles. The van der Waals surface area contributed by atoms with Crippen molar-refractivity contribution < 1.29 is 14.7 Å². The van der Waals surface area contributed by atoms with Crippen molar-refractivity contribution in [1.82, 2.24) is 4.98 Å². The molecule has 0 fully saturated rings. The molecule has 1 heterocycles. The van der Waals surface area contributed by atoms with Crippen LogP contribution in [0, 0.1) is 5.41 Å². The van der Waals surface area contributed by atoms with Crippen molar-refractivity contribution in [2.75, 3.05) is 11.9 Å². The molecular weight excluding hydrogens is 246 g/mol. The minimum atomic E-state index is -0.837. The highest BCUT2D eigenvalue weighted by Gasteiger charge is 2.34. The van der Waals surface area contributed by atoms with Crippen LogP contribution in [0.15, 0.2) is 18.2 Å². The summed E-state index contributed by atoms with van der Waals surface area (Å²) in [6, 6.07) is 4.83. The highest BCUT2D eigenvalue weighted by molar-refractivity contribution is 5.91. The summed E-state index contributed by atoms with van der Waals surface area (Å²) in [4.78, 5) is 26.4. The van der Waals surface area contributed by atoms with Crippen molar-refractivity contribution in [3.05, 3.63) is 23.9 Å². The summed E-state index contributed by atoms with van der Waals surface area (Å²) >= 11 is 0. The molecule has 0 aliphatic carbocycles. The predicted octanol–water partition coefficient (Wildman–Crippen LogP) is 1.48. The molecule has 0 saturated carbocycles. The number of amides is 1. The Hall–Kier alpha value is -2.11. The van der Waals surface area contributed by atoms with Gasteiger partial charge in [0, 0.05) is 6.54 Å². The van der Waals surface area contributed by atoms with Crippen LogP contribution < -0.4 is 11.1 Å². The van der Waals surface area contributed by atoms with Crippen LogP contribution in [0.1, 0.15) is 37.2 Å². The van der Waals surface area contributed by atoms with E-state index in [1.54, 1.807) is 12.1 Å². The van der Waals surface area contributed by atoms with Gasteiger partial charge in [-0.25, -0.2) is 4.98 Å². The Balaban J connectivity index is 2.83. The molecule has 19 heavy (non-hydrogen) atoms. The average molecular weight is 265 g/mol. The molecule has 0 aromatic carbocycles. The summed E-state index contributed by atoms with van der Waals surface area (Å²) in [5.74, 6) is -1.00. The fourth-order valence-corrected chi connectivity index (χ4v) is 1.81. The summed E-state index contributed by atoms with van der Waals surface area (Å²) in [5.41, 5.74) is 4.46. The van der Waals surface area contributed by atoms with Gasteiger partial charge in [0.1, 0.15) is 11.5 Å². The minimum Gasteiger partial charge on any atom is -0.481 e. The molecule has 0 aliphatic heterocycles. The van der Waals surface area contributed by atoms with Gasteiger partial charge in [0.15, 0.2) is 0 Å². The standard InChI is InChI=1S/C13H19N3O3/c1-3-13(4-2,12(18)19)8-15-10-7-5-6-9(16-10)11(14)17/h5-7H,3-4,8H2,1-2H3,(H2,14,17)(H,15,16)(H,18,19). The maximum absolute atomic E-state index is 11.3. The molecule has 0 unspecified atom stereocenters. The van der Waals surface area contributed by atoms with E-state index in [9.17, 15) is 14.7 Å². The Morgan fingerprint density at radius 3 is 2.47 bits per heavy atom. The molecule has 104 valence electrons. The summed E-state index contributed by atoms with van der Waals surface area (Å²) in [6.07, 6.45) is 1.03. The Kier molecular flexibility index (Phi) is 4.86. The number of nitrogens with zero attached hydrogens (tertiary/aromatic N) is 1. The zero-order valence-corrected chi connectivity index (χ0v) is 11.1. The van der Waals surface area contributed by atoms with Crippen molar-refractivity contribution in [1.29, 1.82) is 0 Å². The van der Waals surface area contributed by atoms with E-state index in [1.165, 1.54) is 6.07 Å². The van der Waals surface area contributed by atoms with Gasteiger partial charge in [-0.05, 0) is 25.0 Å². The monoisotopic (exact) mass is 265 g/mol. The van der Waals surface area contributed by atoms with Crippen LogP contribution in [0.2, 0.25) is 0 Å². The molecule has 0 radical (unpaired) electrons. The lowest BCUT2D eigenvalue weighted by atomic mass is 9.82. The molecule has 6 heteroatoms. The zero-order valence-electron chi connectivity index (χ0n) is 11.1. The summed E-state index contributed by atoms with van der Waals surface area (Å²) in [7, 11) is 0. The summed E-state index contributed by atoms with van der Waals surface area (Å²) in [5, 5.41) is 12.3. The second-order valence-electron chi connectivity index (χ2n) is 4.42. The molecule has 1 aromatic rings. The van der Waals surface area contributed by atoms with Gasteiger partial charge in [-0.1, -0.05) is 19.9 Å². The molecular formula is C13H19N3O3. The van der Waals surface area contributed by atoms with E-state index in [0.717, 1.165) is 0 Å². The van der Waals surface area contributed by atoms with Crippen molar-refractivity contribution in [3.63, 3.8) is 0 Å². The number of rotatable bonds is 7. The molecule has 4 N–H and O–H groups in total. The molecule has 0 saturated heterocycles. The number of carbonyl (C=O) groups is 2. The fourth-order valence-electron chi connectivity index (χ4n) is 1.81. The molecule has 0 atom stereocenters. The molecule has 0 bridgehead atoms. The van der Waals surface area contributed by atoms with Crippen LogP contribution in [-0.4, -0.2) is 28.5 Å². The molecule has 1 rings (SSSR count). The summed E-state index contributed by atoms with van der Waals surface area (Å²) in [6.45, 7) is 3.93. The highest BCUT2D eigenvalue weighted by Crippen LogP contribution is 2.27. The number of aliphatic carboxylic acids is 1. The van der Waals surface area contributed by atoms with Gasteiger partial charge >= 0.3 is 5.97 Å². The first-order valence-corrected chi connectivity index (χ1v) is 6.19. The third-order valence-corrected chi connectivity index (χ3v) is 3.42. The topological polar surface area (TPSA) is 105 Å². The number of carboxylic acids is 1. The second-order valence-corrected chi connectivity index (χ2v) is 4.42. The Morgan fingerprint density at radius 1 is 1.37 bits per heavy atom. The van der Waals surface area contributed by atoms with Crippen LogP contribution in [-0.2, 0) is 4.79 Å². The number of hydrogen-bond donors (Lipinski definition) is 3. The van der Waals surface area contributed by atoms with Crippen LogP contribution in [0.25, 0.3) is 0 Å². The summed E-state index contributed by atoms with van der Waals surface area (Å²) < 4.78 is 0. The van der Waals surface area contributed by atoms with E-state index in [2.05, 4.69) is 10.3 Å². The number of carboxylic acid groups (broad SMARTS) is 1.